The maximum atomic E-state index is 13.2. The minimum atomic E-state index is -0.287. The van der Waals surface area contributed by atoms with Crippen molar-refractivity contribution in [3.05, 3.63) is 56.0 Å². The number of thiophene rings is 1. The Hall–Kier alpha value is -0.900. The molecule has 2 aromatic rings. The first kappa shape index (κ1) is 16.5. The summed E-state index contributed by atoms with van der Waals surface area (Å²) in [5.41, 5.74) is 2.30. The van der Waals surface area contributed by atoms with Crippen LogP contribution in [0.3, 0.4) is 0 Å². The number of rotatable bonds is 6. The fourth-order valence-electron chi connectivity index (χ4n) is 2.27. The van der Waals surface area contributed by atoms with E-state index in [1.165, 1.54) is 27.5 Å². The molecule has 0 radical (unpaired) electrons. The number of hydrogen-bond acceptors (Lipinski definition) is 2. The zero-order valence-corrected chi connectivity index (χ0v) is 14.2. The Balaban J connectivity index is 2.23. The first-order chi connectivity index (χ1) is 10.0. The van der Waals surface area contributed by atoms with E-state index in [4.69, 9.17) is 11.6 Å². The molecule has 1 aromatic carbocycles. The monoisotopic (exact) mass is 325 g/mol. The van der Waals surface area contributed by atoms with Crippen molar-refractivity contribution in [2.75, 3.05) is 6.54 Å². The fourth-order valence-corrected chi connectivity index (χ4v) is 3.64. The quantitative estimate of drug-likeness (QED) is 0.745. The second-order valence-corrected chi connectivity index (χ2v) is 7.03. The predicted octanol–water partition coefficient (Wildman–Crippen LogP) is 5.44. The SMILES string of the molecule is CCCNC(Cc1ccc(F)cc1Cl)c1cc(C)c(C)s1. The van der Waals surface area contributed by atoms with Crippen LogP contribution >= 0.6 is 22.9 Å². The molecule has 1 heterocycles. The van der Waals surface area contributed by atoms with Gasteiger partial charge in [0, 0.05) is 20.8 Å². The van der Waals surface area contributed by atoms with Gasteiger partial charge in [0.05, 0.1) is 0 Å². The van der Waals surface area contributed by atoms with Gasteiger partial charge < -0.3 is 5.32 Å². The van der Waals surface area contributed by atoms with E-state index in [1.807, 2.05) is 11.3 Å². The highest BCUT2D eigenvalue weighted by molar-refractivity contribution is 7.12. The normalized spacial score (nSPS) is 12.6. The Morgan fingerprint density at radius 3 is 2.62 bits per heavy atom. The second-order valence-electron chi connectivity index (χ2n) is 5.33. The highest BCUT2D eigenvalue weighted by Crippen LogP contribution is 2.30. The van der Waals surface area contributed by atoms with Crippen molar-refractivity contribution < 1.29 is 4.39 Å². The summed E-state index contributed by atoms with van der Waals surface area (Å²) in [6.07, 6.45) is 1.86. The van der Waals surface area contributed by atoms with Crippen molar-refractivity contribution in [3.63, 3.8) is 0 Å². The molecule has 114 valence electrons. The Morgan fingerprint density at radius 2 is 2.05 bits per heavy atom. The predicted molar refractivity (Wildman–Crippen MR) is 89.9 cm³/mol. The Kier molecular flexibility index (Phi) is 5.80. The van der Waals surface area contributed by atoms with Crippen LogP contribution in [0.2, 0.25) is 5.02 Å². The largest absolute Gasteiger partial charge is 0.309 e. The summed E-state index contributed by atoms with van der Waals surface area (Å²) in [6, 6.07) is 7.11. The smallest absolute Gasteiger partial charge is 0.124 e. The molecule has 2 rings (SSSR count). The lowest BCUT2D eigenvalue weighted by Gasteiger charge is -2.18. The Labute approximate surface area is 135 Å². The van der Waals surface area contributed by atoms with Crippen LogP contribution in [-0.4, -0.2) is 6.54 Å². The van der Waals surface area contributed by atoms with E-state index in [0.717, 1.165) is 24.9 Å². The summed E-state index contributed by atoms with van der Waals surface area (Å²) < 4.78 is 13.2. The minimum Gasteiger partial charge on any atom is -0.309 e. The van der Waals surface area contributed by atoms with E-state index >= 15 is 0 Å². The Morgan fingerprint density at radius 1 is 1.29 bits per heavy atom. The molecule has 0 bridgehead atoms. The molecule has 0 spiro atoms. The molecule has 0 aliphatic rings. The third-order valence-electron chi connectivity index (χ3n) is 3.61. The van der Waals surface area contributed by atoms with Crippen molar-refractivity contribution in [2.24, 2.45) is 0 Å². The topological polar surface area (TPSA) is 12.0 Å². The van der Waals surface area contributed by atoms with Gasteiger partial charge in [-0.3, -0.25) is 0 Å². The van der Waals surface area contributed by atoms with Crippen molar-refractivity contribution in [1.29, 1.82) is 0 Å². The molecule has 0 saturated carbocycles. The Bertz CT molecular complexity index is 589. The van der Waals surface area contributed by atoms with E-state index in [-0.39, 0.29) is 11.9 Å². The van der Waals surface area contributed by atoms with Crippen molar-refractivity contribution in [3.8, 4) is 0 Å². The van der Waals surface area contributed by atoms with Gasteiger partial charge in [0.25, 0.3) is 0 Å². The summed E-state index contributed by atoms with van der Waals surface area (Å²) >= 11 is 7.99. The first-order valence-electron chi connectivity index (χ1n) is 7.25. The van der Waals surface area contributed by atoms with Gasteiger partial charge >= 0.3 is 0 Å². The summed E-state index contributed by atoms with van der Waals surface area (Å²) in [4.78, 5) is 2.66. The first-order valence-corrected chi connectivity index (χ1v) is 8.45. The van der Waals surface area contributed by atoms with Crippen LogP contribution in [-0.2, 0) is 6.42 Å². The van der Waals surface area contributed by atoms with Crippen molar-refractivity contribution >= 4 is 22.9 Å². The average Bonchev–Trinajstić information content (AvgIpc) is 2.77. The molecule has 0 fully saturated rings. The molecule has 1 nitrogen and oxygen atoms in total. The molecular weight excluding hydrogens is 305 g/mol. The van der Waals surface area contributed by atoms with Gasteiger partial charge in [-0.15, -0.1) is 11.3 Å². The zero-order valence-electron chi connectivity index (χ0n) is 12.7. The molecule has 1 N–H and O–H groups in total. The van der Waals surface area contributed by atoms with Crippen LogP contribution in [0.4, 0.5) is 4.39 Å². The number of hydrogen-bond donors (Lipinski definition) is 1. The molecule has 1 atom stereocenters. The highest BCUT2D eigenvalue weighted by atomic mass is 35.5. The number of halogens is 2. The molecule has 21 heavy (non-hydrogen) atoms. The van der Waals surface area contributed by atoms with Crippen LogP contribution in [0.15, 0.2) is 24.3 Å². The van der Waals surface area contributed by atoms with Gasteiger partial charge in [-0.25, -0.2) is 4.39 Å². The number of aryl methyl sites for hydroxylation is 2. The summed E-state index contributed by atoms with van der Waals surface area (Å²) in [5.74, 6) is -0.287. The van der Waals surface area contributed by atoms with Crippen LogP contribution in [0, 0.1) is 19.7 Å². The third-order valence-corrected chi connectivity index (χ3v) is 5.23. The van der Waals surface area contributed by atoms with Gasteiger partial charge in [0.15, 0.2) is 0 Å². The molecule has 0 aliphatic heterocycles. The van der Waals surface area contributed by atoms with E-state index in [2.05, 4.69) is 32.2 Å². The standard InChI is InChI=1S/C17H21ClFNS/c1-4-7-20-16(17-8-11(2)12(3)21-17)9-13-5-6-14(19)10-15(13)18/h5-6,8,10,16,20H,4,7,9H2,1-3H3. The van der Waals surface area contributed by atoms with Crippen LogP contribution in [0.5, 0.6) is 0 Å². The van der Waals surface area contributed by atoms with E-state index in [0.29, 0.717) is 5.02 Å². The van der Waals surface area contributed by atoms with Gasteiger partial charge in [-0.2, -0.15) is 0 Å². The van der Waals surface area contributed by atoms with Gasteiger partial charge in [-0.1, -0.05) is 24.6 Å². The lowest BCUT2D eigenvalue weighted by molar-refractivity contribution is 0.536. The van der Waals surface area contributed by atoms with E-state index < -0.39 is 0 Å². The lowest BCUT2D eigenvalue weighted by atomic mass is 10.0. The van der Waals surface area contributed by atoms with Crippen molar-refractivity contribution in [1.82, 2.24) is 5.32 Å². The summed E-state index contributed by atoms with van der Waals surface area (Å²) in [6.45, 7) is 7.39. The summed E-state index contributed by atoms with van der Waals surface area (Å²) in [7, 11) is 0. The minimum absolute atomic E-state index is 0.227. The average molecular weight is 326 g/mol. The zero-order chi connectivity index (χ0) is 15.4. The van der Waals surface area contributed by atoms with Gasteiger partial charge in [0.1, 0.15) is 5.82 Å². The number of nitrogens with one attached hydrogen (secondary N) is 1. The molecule has 0 saturated heterocycles. The summed E-state index contributed by atoms with van der Waals surface area (Å²) in [5, 5.41) is 4.08. The van der Waals surface area contributed by atoms with Gasteiger partial charge in [-0.05, 0) is 62.6 Å². The third kappa shape index (κ3) is 4.29. The van der Waals surface area contributed by atoms with Crippen LogP contribution in [0.1, 0.15) is 40.3 Å². The lowest BCUT2D eigenvalue weighted by Crippen LogP contribution is -2.23. The molecule has 0 amide bonds. The molecular formula is C17H21ClFNS. The van der Waals surface area contributed by atoms with Crippen LogP contribution in [0.25, 0.3) is 0 Å². The van der Waals surface area contributed by atoms with E-state index in [1.54, 1.807) is 6.07 Å². The molecule has 0 aliphatic carbocycles. The van der Waals surface area contributed by atoms with Gasteiger partial charge in [0.2, 0.25) is 0 Å². The van der Waals surface area contributed by atoms with E-state index in [9.17, 15) is 4.39 Å². The van der Waals surface area contributed by atoms with Crippen LogP contribution < -0.4 is 5.32 Å². The fraction of sp³-hybridized carbons (Fsp3) is 0.412. The second kappa shape index (κ2) is 7.39. The molecule has 4 heteroatoms. The van der Waals surface area contributed by atoms with Crippen molar-refractivity contribution in [2.45, 2.75) is 39.7 Å². The highest BCUT2D eigenvalue weighted by Gasteiger charge is 2.16. The molecule has 1 unspecified atom stereocenters. The number of benzene rings is 1. The maximum Gasteiger partial charge on any atom is 0.124 e. The maximum absolute atomic E-state index is 13.2. The molecule has 1 aromatic heterocycles.